The van der Waals surface area contributed by atoms with Crippen LogP contribution in [0.3, 0.4) is 0 Å². The zero-order chi connectivity index (χ0) is 36.6. The number of nitrogens with one attached hydrogen (secondary N) is 1. The van der Waals surface area contributed by atoms with Crippen molar-refractivity contribution in [3.05, 3.63) is 24.3 Å². The fourth-order valence-corrected chi connectivity index (χ4v) is 6.83. The van der Waals surface area contributed by atoms with Gasteiger partial charge in [-0.15, -0.1) is 0 Å². The molecule has 0 saturated carbocycles. The Kier molecular flexibility index (Phi) is 39.6. The number of allylic oxidation sites excluding steroid dienone is 4. The first-order chi connectivity index (χ1) is 24.6. The van der Waals surface area contributed by atoms with Crippen LogP contribution in [0.15, 0.2) is 24.3 Å². The number of amides is 1. The van der Waals surface area contributed by atoms with Crippen LogP contribution in [-0.4, -0.2) is 46.1 Å². The highest BCUT2D eigenvalue weighted by molar-refractivity contribution is 5.76. The highest BCUT2D eigenvalue weighted by Crippen LogP contribution is 2.15. The number of unbranched alkanes of at least 4 members (excludes halogenated alkanes) is 28. The Morgan fingerprint density at radius 3 is 1.22 bits per heavy atom. The third-order valence-corrected chi connectivity index (χ3v) is 10.3. The van der Waals surface area contributed by atoms with E-state index < -0.39 is 18.2 Å². The van der Waals surface area contributed by atoms with Gasteiger partial charge < -0.3 is 20.6 Å². The number of hydrogen-bond donors (Lipinski definition) is 4. The van der Waals surface area contributed by atoms with Gasteiger partial charge in [0.1, 0.15) is 6.10 Å². The van der Waals surface area contributed by atoms with Crippen molar-refractivity contribution in [2.24, 2.45) is 0 Å². The van der Waals surface area contributed by atoms with Crippen LogP contribution in [0.2, 0.25) is 0 Å². The lowest BCUT2D eigenvalue weighted by atomic mass is 10.0. The van der Waals surface area contributed by atoms with Crippen LogP contribution in [0, 0.1) is 0 Å². The van der Waals surface area contributed by atoms with Crippen molar-refractivity contribution < 1.29 is 20.1 Å². The molecule has 50 heavy (non-hydrogen) atoms. The SMILES string of the molecule is CCCCCCCCCCCCCCCC/C=C/CC/C=C/CCCC(O)C(O)C(CO)NC(=O)CCCCCCCCCCCCCCC. The van der Waals surface area contributed by atoms with Gasteiger partial charge in [-0.3, -0.25) is 4.79 Å². The summed E-state index contributed by atoms with van der Waals surface area (Å²) in [6.07, 6.45) is 48.6. The fourth-order valence-electron chi connectivity index (χ4n) is 6.83. The summed E-state index contributed by atoms with van der Waals surface area (Å²) in [5, 5.41) is 33.5. The minimum atomic E-state index is -1.16. The number of carbonyl (C=O) groups is 1. The van der Waals surface area contributed by atoms with Gasteiger partial charge in [-0.25, -0.2) is 0 Å². The molecule has 4 N–H and O–H groups in total. The van der Waals surface area contributed by atoms with Crippen molar-refractivity contribution in [3.8, 4) is 0 Å². The van der Waals surface area contributed by atoms with Gasteiger partial charge in [0.2, 0.25) is 5.91 Å². The number of rotatable bonds is 40. The summed E-state index contributed by atoms with van der Waals surface area (Å²) in [6.45, 7) is 4.17. The van der Waals surface area contributed by atoms with Crippen molar-refractivity contribution in [1.82, 2.24) is 5.32 Å². The molecule has 0 spiro atoms. The molecule has 0 saturated heterocycles. The van der Waals surface area contributed by atoms with Crippen molar-refractivity contribution >= 4 is 5.91 Å². The first-order valence-electron chi connectivity index (χ1n) is 22.1. The van der Waals surface area contributed by atoms with E-state index in [-0.39, 0.29) is 12.5 Å². The molecule has 1 amide bonds. The van der Waals surface area contributed by atoms with E-state index in [1.165, 1.54) is 161 Å². The predicted molar refractivity (Wildman–Crippen MR) is 218 cm³/mol. The minimum absolute atomic E-state index is 0.157. The van der Waals surface area contributed by atoms with Crippen LogP contribution in [0.1, 0.15) is 232 Å². The maximum Gasteiger partial charge on any atom is 0.220 e. The minimum Gasteiger partial charge on any atom is -0.394 e. The van der Waals surface area contributed by atoms with E-state index in [1.54, 1.807) is 0 Å². The predicted octanol–water partition coefficient (Wildman–Crippen LogP) is 12.6. The van der Waals surface area contributed by atoms with Crippen LogP contribution >= 0.6 is 0 Å². The smallest absolute Gasteiger partial charge is 0.220 e. The molecule has 0 radical (unpaired) electrons. The van der Waals surface area contributed by atoms with Gasteiger partial charge >= 0.3 is 0 Å². The summed E-state index contributed by atoms with van der Waals surface area (Å²) >= 11 is 0. The Hall–Kier alpha value is -1.17. The largest absolute Gasteiger partial charge is 0.394 e. The van der Waals surface area contributed by atoms with Gasteiger partial charge in [0.15, 0.2) is 0 Å². The van der Waals surface area contributed by atoms with Gasteiger partial charge in [0.25, 0.3) is 0 Å². The number of aliphatic hydroxyl groups excluding tert-OH is 3. The molecule has 296 valence electrons. The second-order valence-corrected chi connectivity index (χ2v) is 15.2. The summed E-state index contributed by atoms with van der Waals surface area (Å²) in [5.74, 6) is -0.157. The molecule has 0 fully saturated rings. The van der Waals surface area contributed by atoms with E-state index in [0.29, 0.717) is 12.8 Å². The quantitative estimate of drug-likeness (QED) is 0.0377. The van der Waals surface area contributed by atoms with Crippen LogP contribution in [0.25, 0.3) is 0 Å². The Morgan fingerprint density at radius 1 is 0.480 bits per heavy atom. The molecule has 0 bridgehead atoms. The maximum atomic E-state index is 12.4. The molecule has 0 aromatic heterocycles. The van der Waals surface area contributed by atoms with Crippen LogP contribution in [0.4, 0.5) is 0 Å². The van der Waals surface area contributed by atoms with Crippen LogP contribution in [0.5, 0.6) is 0 Å². The van der Waals surface area contributed by atoms with E-state index in [2.05, 4.69) is 43.5 Å². The third-order valence-electron chi connectivity index (χ3n) is 10.3. The molecular weight excluding hydrogens is 618 g/mol. The molecule has 5 heteroatoms. The first-order valence-corrected chi connectivity index (χ1v) is 22.1. The second-order valence-electron chi connectivity index (χ2n) is 15.2. The van der Waals surface area contributed by atoms with E-state index in [0.717, 1.165) is 44.9 Å². The lowest BCUT2D eigenvalue weighted by Crippen LogP contribution is -2.50. The molecule has 0 heterocycles. The van der Waals surface area contributed by atoms with Crippen molar-refractivity contribution in [2.75, 3.05) is 6.61 Å². The second kappa shape index (κ2) is 40.6. The lowest BCUT2D eigenvalue weighted by Gasteiger charge is -2.26. The summed E-state index contributed by atoms with van der Waals surface area (Å²) in [6, 6.07) is -0.827. The van der Waals surface area contributed by atoms with E-state index in [9.17, 15) is 20.1 Å². The van der Waals surface area contributed by atoms with Crippen LogP contribution in [-0.2, 0) is 4.79 Å². The van der Waals surface area contributed by atoms with E-state index >= 15 is 0 Å². The highest BCUT2D eigenvalue weighted by Gasteiger charge is 2.26. The normalized spacial score (nSPS) is 13.8. The highest BCUT2D eigenvalue weighted by atomic mass is 16.3. The topological polar surface area (TPSA) is 89.8 Å². The molecular formula is C45H87NO4. The maximum absolute atomic E-state index is 12.4. The number of aliphatic hydroxyl groups is 3. The third kappa shape index (κ3) is 35.2. The Morgan fingerprint density at radius 2 is 0.820 bits per heavy atom. The Balaban J connectivity index is 3.66. The zero-order valence-electron chi connectivity index (χ0n) is 33.5. The van der Waals surface area contributed by atoms with Crippen molar-refractivity contribution in [3.63, 3.8) is 0 Å². The van der Waals surface area contributed by atoms with Gasteiger partial charge in [-0.1, -0.05) is 199 Å². The van der Waals surface area contributed by atoms with Gasteiger partial charge in [-0.2, -0.15) is 0 Å². The Bertz CT molecular complexity index is 739. The van der Waals surface area contributed by atoms with Crippen molar-refractivity contribution in [1.29, 1.82) is 0 Å². The molecule has 3 unspecified atom stereocenters. The first kappa shape index (κ1) is 48.8. The van der Waals surface area contributed by atoms with E-state index in [1.807, 2.05) is 0 Å². The average Bonchev–Trinajstić information content (AvgIpc) is 3.12. The molecule has 3 atom stereocenters. The summed E-state index contributed by atoms with van der Waals surface area (Å²) in [4.78, 5) is 12.4. The van der Waals surface area contributed by atoms with Crippen LogP contribution < -0.4 is 5.32 Å². The van der Waals surface area contributed by atoms with Gasteiger partial charge in [0.05, 0.1) is 18.8 Å². The number of carbonyl (C=O) groups excluding carboxylic acids is 1. The summed E-state index contributed by atoms with van der Waals surface area (Å²) in [7, 11) is 0. The van der Waals surface area contributed by atoms with Gasteiger partial charge in [-0.05, 0) is 51.4 Å². The molecule has 0 aliphatic rings. The standard InChI is InChI=1S/C45H87NO4/c1-3-5-7-9-11-13-15-17-18-19-20-21-22-23-24-25-26-28-29-31-33-35-37-39-43(48)45(50)42(41-47)46-44(49)40-38-36-34-32-30-27-16-14-12-10-8-6-4-2/h25-26,31,33,42-43,45,47-48,50H,3-24,27-30,32,34-41H2,1-2H3,(H,46,49)/b26-25+,33-31+. The molecule has 5 nitrogen and oxygen atoms in total. The number of hydrogen-bond acceptors (Lipinski definition) is 4. The molecule has 0 rings (SSSR count). The average molecular weight is 706 g/mol. The van der Waals surface area contributed by atoms with Gasteiger partial charge in [0, 0.05) is 6.42 Å². The fraction of sp³-hybridized carbons (Fsp3) is 0.889. The zero-order valence-corrected chi connectivity index (χ0v) is 33.5. The Labute approximate surface area is 312 Å². The molecule has 0 aromatic rings. The molecule has 0 aromatic carbocycles. The summed E-state index contributed by atoms with van der Waals surface area (Å²) < 4.78 is 0. The monoisotopic (exact) mass is 706 g/mol. The molecule has 0 aliphatic carbocycles. The summed E-state index contributed by atoms with van der Waals surface area (Å²) in [5.41, 5.74) is 0. The van der Waals surface area contributed by atoms with E-state index in [4.69, 9.17) is 0 Å². The lowest BCUT2D eigenvalue weighted by molar-refractivity contribution is -0.124. The molecule has 0 aliphatic heterocycles. The van der Waals surface area contributed by atoms with Crippen molar-refractivity contribution in [2.45, 2.75) is 250 Å².